The van der Waals surface area contributed by atoms with E-state index in [-0.39, 0.29) is 22.7 Å². The van der Waals surface area contributed by atoms with Crippen molar-refractivity contribution in [1.29, 1.82) is 5.26 Å². The molecule has 0 saturated carbocycles. The summed E-state index contributed by atoms with van der Waals surface area (Å²) in [5.74, 6) is -0.556. The SMILES string of the molecule is COc1cc([N+](=O)[O-])ccc1NC(=O)/C(C#N)=C\Nc1cccc2ccccc12. The van der Waals surface area contributed by atoms with Gasteiger partial charge in [0.25, 0.3) is 11.6 Å². The Labute approximate surface area is 166 Å². The number of nitro benzene ring substituents is 1. The van der Waals surface area contributed by atoms with Gasteiger partial charge in [-0.25, -0.2) is 0 Å². The lowest BCUT2D eigenvalue weighted by Crippen LogP contribution is -2.15. The monoisotopic (exact) mass is 388 g/mol. The smallest absolute Gasteiger partial charge is 0.273 e. The number of methoxy groups -OCH3 is 1. The highest BCUT2D eigenvalue weighted by atomic mass is 16.6. The van der Waals surface area contributed by atoms with E-state index in [0.717, 1.165) is 16.5 Å². The van der Waals surface area contributed by atoms with Crippen molar-refractivity contribution in [3.63, 3.8) is 0 Å². The average molecular weight is 388 g/mol. The number of amides is 1. The fourth-order valence-electron chi connectivity index (χ4n) is 2.74. The summed E-state index contributed by atoms with van der Waals surface area (Å²) in [6.45, 7) is 0. The van der Waals surface area contributed by atoms with Crippen LogP contribution in [0, 0.1) is 21.4 Å². The van der Waals surface area contributed by atoms with Gasteiger partial charge in [-0.2, -0.15) is 5.26 Å². The predicted molar refractivity (Wildman–Crippen MR) is 110 cm³/mol. The van der Waals surface area contributed by atoms with Gasteiger partial charge in [-0.15, -0.1) is 0 Å². The van der Waals surface area contributed by atoms with Crippen molar-refractivity contribution in [2.24, 2.45) is 0 Å². The molecule has 0 heterocycles. The molecular weight excluding hydrogens is 372 g/mol. The number of nitrogens with one attached hydrogen (secondary N) is 2. The number of nitro groups is 1. The molecule has 3 aromatic carbocycles. The maximum absolute atomic E-state index is 12.5. The molecule has 0 aliphatic heterocycles. The number of carbonyl (C=O) groups excluding carboxylic acids is 1. The molecule has 0 radical (unpaired) electrons. The van der Waals surface area contributed by atoms with Crippen LogP contribution in [0.15, 0.2) is 72.4 Å². The van der Waals surface area contributed by atoms with Crippen LogP contribution < -0.4 is 15.4 Å². The summed E-state index contributed by atoms with van der Waals surface area (Å²) in [5, 5.41) is 27.7. The lowest BCUT2D eigenvalue weighted by Gasteiger charge is -2.10. The molecule has 0 aliphatic rings. The number of carbonyl (C=O) groups is 1. The minimum atomic E-state index is -0.674. The molecule has 0 bridgehead atoms. The molecule has 2 N–H and O–H groups in total. The number of ether oxygens (including phenoxy) is 1. The zero-order chi connectivity index (χ0) is 20.8. The first-order valence-corrected chi connectivity index (χ1v) is 8.52. The third-order valence-electron chi connectivity index (χ3n) is 4.17. The Morgan fingerprint density at radius 3 is 2.62 bits per heavy atom. The number of benzene rings is 3. The fraction of sp³-hybridized carbons (Fsp3) is 0.0476. The van der Waals surface area contributed by atoms with Crippen LogP contribution in [-0.2, 0) is 4.79 Å². The van der Waals surface area contributed by atoms with Crippen molar-refractivity contribution in [2.45, 2.75) is 0 Å². The molecule has 144 valence electrons. The summed E-state index contributed by atoms with van der Waals surface area (Å²) in [4.78, 5) is 22.8. The van der Waals surface area contributed by atoms with E-state index in [4.69, 9.17) is 4.74 Å². The van der Waals surface area contributed by atoms with Crippen LogP contribution >= 0.6 is 0 Å². The zero-order valence-electron chi connectivity index (χ0n) is 15.4. The second-order valence-electron chi connectivity index (χ2n) is 5.94. The van der Waals surface area contributed by atoms with Gasteiger partial charge in [0.2, 0.25) is 0 Å². The third-order valence-corrected chi connectivity index (χ3v) is 4.17. The van der Waals surface area contributed by atoms with Crippen molar-refractivity contribution in [3.05, 3.63) is 82.6 Å². The van der Waals surface area contributed by atoms with Crippen molar-refractivity contribution in [1.82, 2.24) is 0 Å². The second kappa shape index (κ2) is 8.54. The molecule has 3 rings (SSSR count). The third kappa shape index (κ3) is 4.31. The van der Waals surface area contributed by atoms with E-state index >= 15 is 0 Å². The molecule has 0 unspecified atom stereocenters. The summed E-state index contributed by atoms with van der Waals surface area (Å²) in [7, 11) is 1.33. The lowest BCUT2D eigenvalue weighted by atomic mass is 10.1. The average Bonchev–Trinajstić information content (AvgIpc) is 2.74. The number of rotatable bonds is 6. The number of nitriles is 1. The molecule has 3 aromatic rings. The van der Waals surface area contributed by atoms with Crippen LogP contribution in [0.25, 0.3) is 10.8 Å². The lowest BCUT2D eigenvalue weighted by molar-refractivity contribution is -0.384. The normalized spacial score (nSPS) is 10.8. The Bertz CT molecular complexity index is 1160. The van der Waals surface area contributed by atoms with Gasteiger partial charge in [0.05, 0.1) is 23.8 Å². The highest BCUT2D eigenvalue weighted by molar-refractivity contribution is 6.07. The molecule has 0 fully saturated rings. The standard InChI is InChI=1S/C21H16N4O4/c1-29-20-11-16(25(27)28)9-10-19(20)24-21(26)15(12-22)13-23-18-8-4-6-14-5-2-3-7-17(14)18/h2-11,13,23H,1H3,(H,24,26)/b15-13-. The van der Waals surface area contributed by atoms with Crippen LogP contribution in [0.3, 0.4) is 0 Å². The van der Waals surface area contributed by atoms with E-state index in [1.165, 1.54) is 31.5 Å². The summed E-state index contributed by atoms with van der Waals surface area (Å²) in [5.41, 5.74) is 0.623. The number of nitrogens with zero attached hydrogens (tertiary/aromatic N) is 2. The van der Waals surface area contributed by atoms with E-state index in [1.54, 1.807) is 0 Å². The number of hydrogen-bond donors (Lipinski definition) is 2. The first kappa shape index (κ1) is 19.4. The van der Waals surface area contributed by atoms with Gasteiger partial charge in [0.1, 0.15) is 17.4 Å². The van der Waals surface area contributed by atoms with Crippen LogP contribution in [0.1, 0.15) is 0 Å². The Morgan fingerprint density at radius 2 is 1.90 bits per heavy atom. The van der Waals surface area contributed by atoms with E-state index in [0.29, 0.717) is 0 Å². The Hall–Kier alpha value is -4.38. The maximum atomic E-state index is 12.5. The Kier molecular flexibility index (Phi) is 5.71. The van der Waals surface area contributed by atoms with Crippen LogP contribution in [0.2, 0.25) is 0 Å². The van der Waals surface area contributed by atoms with Crippen molar-refractivity contribution in [3.8, 4) is 11.8 Å². The molecule has 0 aromatic heterocycles. The predicted octanol–water partition coefficient (Wildman–Crippen LogP) is 4.21. The fourth-order valence-corrected chi connectivity index (χ4v) is 2.74. The van der Waals surface area contributed by atoms with E-state index < -0.39 is 10.8 Å². The summed E-state index contributed by atoms with van der Waals surface area (Å²) in [6, 6.07) is 19.0. The summed E-state index contributed by atoms with van der Waals surface area (Å²) in [6.07, 6.45) is 1.31. The van der Waals surface area contributed by atoms with Crippen molar-refractivity contribution < 1.29 is 14.5 Å². The Balaban J connectivity index is 1.82. The van der Waals surface area contributed by atoms with Gasteiger partial charge >= 0.3 is 0 Å². The first-order valence-electron chi connectivity index (χ1n) is 8.52. The largest absolute Gasteiger partial charge is 0.494 e. The van der Waals surface area contributed by atoms with E-state index in [9.17, 15) is 20.2 Å². The minimum absolute atomic E-state index is 0.117. The molecule has 0 aliphatic carbocycles. The second-order valence-corrected chi connectivity index (χ2v) is 5.94. The van der Waals surface area contributed by atoms with Gasteiger partial charge in [-0.3, -0.25) is 14.9 Å². The number of fused-ring (bicyclic) bond motifs is 1. The minimum Gasteiger partial charge on any atom is -0.494 e. The number of hydrogen-bond acceptors (Lipinski definition) is 6. The quantitative estimate of drug-likeness (QED) is 0.283. The molecule has 0 atom stereocenters. The topological polar surface area (TPSA) is 117 Å². The molecular formula is C21H16N4O4. The van der Waals surface area contributed by atoms with Crippen LogP contribution in [0.4, 0.5) is 17.1 Å². The molecule has 8 heteroatoms. The van der Waals surface area contributed by atoms with Gasteiger partial charge in [-0.1, -0.05) is 36.4 Å². The highest BCUT2D eigenvalue weighted by Crippen LogP contribution is 2.29. The Morgan fingerprint density at radius 1 is 1.14 bits per heavy atom. The maximum Gasteiger partial charge on any atom is 0.273 e. The van der Waals surface area contributed by atoms with Crippen LogP contribution in [0.5, 0.6) is 5.75 Å². The summed E-state index contributed by atoms with van der Waals surface area (Å²) >= 11 is 0. The first-order chi connectivity index (χ1) is 14.0. The van der Waals surface area contributed by atoms with Gasteiger partial charge in [-0.05, 0) is 17.5 Å². The van der Waals surface area contributed by atoms with Crippen LogP contribution in [-0.4, -0.2) is 17.9 Å². The van der Waals surface area contributed by atoms with Gasteiger partial charge in [0.15, 0.2) is 0 Å². The molecule has 8 nitrogen and oxygen atoms in total. The number of non-ortho nitro benzene ring substituents is 1. The van der Waals surface area contributed by atoms with Crippen molar-refractivity contribution >= 4 is 33.7 Å². The molecule has 1 amide bonds. The highest BCUT2D eigenvalue weighted by Gasteiger charge is 2.16. The molecule has 0 saturated heterocycles. The van der Waals surface area contributed by atoms with E-state index in [2.05, 4.69) is 10.6 Å². The van der Waals surface area contributed by atoms with E-state index in [1.807, 2.05) is 48.5 Å². The zero-order valence-corrected chi connectivity index (χ0v) is 15.4. The van der Waals surface area contributed by atoms with Gasteiger partial charge < -0.3 is 15.4 Å². The molecule has 29 heavy (non-hydrogen) atoms. The van der Waals surface area contributed by atoms with Crippen molar-refractivity contribution in [2.75, 3.05) is 17.7 Å². The molecule has 0 spiro atoms. The van der Waals surface area contributed by atoms with Gasteiger partial charge in [0, 0.05) is 23.3 Å². The summed E-state index contributed by atoms with van der Waals surface area (Å²) < 4.78 is 5.09. The number of anilines is 2.